The first-order valence-corrected chi connectivity index (χ1v) is 8.87. The van der Waals surface area contributed by atoms with Crippen molar-refractivity contribution in [1.29, 1.82) is 0 Å². The number of alkyl halides is 3. The third kappa shape index (κ3) is 4.56. The number of nitrogens with zero attached hydrogens (tertiary/aromatic N) is 2. The Kier molecular flexibility index (Phi) is 5.79. The fourth-order valence-electron chi connectivity index (χ4n) is 3.10. The summed E-state index contributed by atoms with van der Waals surface area (Å²) in [6, 6.07) is 12.4. The first-order chi connectivity index (χ1) is 13.3. The summed E-state index contributed by atoms with van der Waals surface area (Å²) in [6.07, 6.45) is -4.75. The van der Waals surface area contributed by atoms with E-state index in [0.29, 0.717) is 25.4 Å². The van der Waals surface area contributed by atoms with Crippen LogP contribution in [0.3, 0.4) is 0 Å². The van der Waals surface area contributed by atoms with Crippen molar-refractivity contribution in [2.24, 2.45) is 0 Å². The van der Waals surface area contributed by atoms with Crippen molar-refractivity contribution < 1.29 is 22.7 Å². The molecule has 0 unspecified atom stereocenters. The van der Waals surface area contributed by atoms with Crippen LogP contribution in [0.2, 0.25) is 0 Å². The van der Waals surface area contributed by atoms with Crippen LogP contribution in [-0.4, -0.2) is 44.7 Å². The second-order valence-corrected chi connectivity index (χ2v) is 6.77. The minimum Gasteiger partial charge on any atom is -0.376 e. The number of nitrogens with one attached hydrogen (secondary N) is 1. The normalized spacial score (nSPS) is 17.3. The average Bonchev–Trinajstić information content (AvgIpc) is 2.68. The van der Waals surface area contributed by atoms with Gasteiger partial charge in [0.1, 0.15) is 6.10 Å². The molecule has 150 valence electrons. The van der Waals surface area contributed by atoms with E-state index in [9.17, 15) is 18.0 Å². The molecule has 2 amide bonds. The van der Waals surface area contributed by atoms with E-state index in [0.717, 1.165) is 17.7 Å². The summed E-state index contributed by atoms with van der Waals surface area (Å²) in [4.78, 5) is 16.0. The number of morpholine rings is 1. The number of halogens is 3. The Morgan fingerprint density at radius 3 is 2.54 bits per heavy atom. The zero-order chi connectivity index (χ0) is 20.3. The number of hydrogen-bond acceptors (Lipinski definition) is 3. The molecule has 1 N–H and O–H groups in total. The van der Waals surface area contributed by atoms with Gasteiger partial charge in [0.25, 0.3) is 0 Å². The number of urea groups is 1. The molecular formula is C20H22F3N3O2. The van der Waals surface area contributed by atoms with Gasteiger partial charge in [-0.3, -0.25) is 0 Å². The Bertz CT molecular complexity index is 825. The highest BCUT2D eigenvalue weighted by Gasteiger charge is 2.32. The Balaban J connectivity index is 1.78. The number of ether oxygens (including phenoxy) is 1. The van der Waals surface area contributed by atoms with Crippen molar-refractivity contribution in [3.05, 3.63) is 59.7 Å². The van der Waals surface area contributed by atoms with Crippen LogP contribution in [-0.2, 0) is 10.9 Å². The number of carbonyl (C=O) groups excluding carboxylic acids is 1. The maximum absolute atomic E-state index is 13.1. The monoisotopic (exact) mass is 393 g/mol. The number of carbonyl (C=O) groups is 1. The van der Waals surface area contributed by atoms with Gasteiger partial charge in [-0.25, -0.2) is 4.79 Å². The van der Waals surface area contributed by atoms with Gasteiger partial charge in [0.15, 0.2) is 0 Å². The van der Waals surface area contributed by atoms with Crippen LogP contribution in [0.25, 0.3) is 0 Å². The van der Waals surface area contributed by atoms with Gasteiger partial charge in [0.2, 0.25) is 0 Å². The maximum Gasteiger partial charge on any atom is 0.416 e. The summed E-state index contributed by atoms with van der Waals surface area (Å²) < 4.78 is 45.0. The second-order valence-electron chi connectivity index (χ2n) is 6.77. The minimum absolute atomic E-state index is 0.118. The van der Waals surface area contributed by atoms with Gasteiger partial charge in [-0.1, -0.05) is 30.3 Å². The quantitative estimate of drug-likeness (QED) is 0.842. The molecule has 1 aliphatic rings. The van der Waals surface area contributed by atoms with Crippen molar-refractivity contribution >= 4 is 17.4 Å². The number of benzene rings is 2. The Morgan fingerprint density at radius 1 is 1.18 bits per heavy atom. The van der Waals surface area contributed by atoms with E-state index < -0.39 is 17.8 Å². The van der Waals surface area contributed by atoms with E-state index in [1.54, 1.807) is 23.9 Å². The zero-order valence-corrected chi connectivity index (χ0v) is 15.7. The van der Waals surface area contributed by atoms with Crippen LogP contribution < -0.4 is 10.2 Å². The lowest BCUT2D eigenvalue weighted by molar-refractivity contribution is -0.137. The summed E-state index contributed by atoms with van der Waals surface area (Å²) in [5, 5.41) is 2.64. The number of hydrogen-bond donors (Lipinski definition) is 1. The van der Waals surface area contributed by atoms with Crippen LogP contribution in [0.5, 0.6) is 0 Å². The number of rotatable bonds is 3. The first kappa shape index (κ1) is 20.0. The van der Waals surface area contributed by atoms with Crippen LogP contribution in [0.1, 0.15) is 17.2 Å². The third-order valence-electron chi connectivity index (χ3n) is 4.57. The highest BCUT2D eigenvalue weighted by atomic mass is 19.4. The molecule has 2 aromatic rings. The summed E-state index contributed by atoms with van der Waals surface area (Å²) in [6.45, 7) is 1.05. The minimum atomic E-state index is -4.48. The molecule has 0 aromatic heterocycles. The number of anilines is 2. The largest absolute Gasteiger partial charge is 0.416 e. The molecule has 1 atom stereocenters. The Labute approximate surface area is 161 Å². The lowest BCUT2D eigenvalue weighted by Gasteiger charge is -2.33. The standard InChI is InChI=1S/C20H22F3N3O2/c1-25(2)17-9-8-15(20(21,22)23)12-16(17)24-19(27)26-10-11-28-18(13-26)14-6-4-3-5-7-14/h3-9,12,18H,10-11,13H2,1-2H3,(H,24,27)/t18-/m1/s1. The van der Waals surface area contributed by atoms with Crippen molar-refractivity contribution in [3.8, 4) is 0 Å². The molecule has 0 spiro atoms. The molecule has 0 saturated carbocycles. The van der Waals surface area contributed by atoms with Gasteiger partial charge in [-0.2, -0.15) is 13.2 Å². The van der Waals surface area contributed by atoms with E-state index in [4.69, 9.17) is 4.74 Å². The van der Waals surface area contributed by atoms with Gasteiger partial charge in [0.05, 0.1) is 30.1 Å². The Morgan fingerprint density at radius 2 is 1.89 bits per heavy atom. The fraction of sp³-hybridized carbons (Fsp3) is 0.350. The smallest absolute Gasteiger partial charge is 0.376 e. The number of amides is 2. The lowest BCUT2D eigenvalue weighted by Crippen LogP contribution is -2.44. The van der Waals surface area contributed by atoms with Crippen LogP contribution in [0.4, 0.5) is 29.3 Å². The van der Waals surface area contributed by atoms with E-state index in [1.165, 1.54) is 6.07 Å². The van der Waals surface area contributed by atoms with Crippen molar-refractivity contribution in [1.82, 2.24) is 4.90 Å². The highest BCUT2D eigenvalue weighted by molar-refractivity contribution is 5.93. The van der Waals surface area contributed by atoms with Crippen molar-refractivity contribution in [3.63, 3.8) is 0 Å². The predicted octanol–water partition coefficient (Wildman–Crippen LogP) is 4.38. The Hall–Kier alpha value is -2.74. The maximum atomic E-state index is 13.1. The van der Waals surface area contributed by atoms with E-state index >= 15 is 0 Å². The van der Waals surface area contributed by atoms with E-state index in [1.807, 2.05) is 30.3 Å². The molecule has 0 aliphatic carbocycles. The molecule has 5 nitrogen and oxygen atoms in total. The van der Waals surface area contributed by atoms with Crippen molar-refractivity contribution in [2.75, 3.05) is 44.0 Å². The first-order valence-electron chi connectivity index (χ1n) is 8.87. The van der Waals surface area contributed by atoms with Gasteiger partial charge < -0.3 is 19.9 Å². The fourth-order valence-corrected chi connectivity index (χ4v) is 3.10. The molecular weight excluding hydrogens is 371 g/mol. The SMILES string of the molecule is CN(C)c1ccc(C(F)(F)F)cc1NC(=O)N1CCO[C@@H](c2ccccc2)C1. The summed E-state index contributed by atoms with van der Waals surface area (Å²) >= 11 is 0. The van der Waals surface area contributed by atoms with Crippen LogP contribution in [0.15, 0.2) is 48.5 Å². The predicted molar refractivity (Wildman–Crippen MR) is 101 cm³/mol. The van der Waals surface area contributed by atoms with Gasteiger partial charge in [-0.05, 0) is 23.8 Å². The average molecular weight is 393 g/mol. The molecule has 0 radical (unpaired) electrons. The molecule has 28 heavy (non-hydrogen) atoms. The summed E-state index contributed by atoms with van der Waals surface area (Å²) in [5.74, 6) is 0. The summed E-state index contributed by atoms with van der Waals surface area (Å²) in [5.41, 5.74) is 0.757. The van der Waals surface area contributed by atoms with E-state index in [-0.39, 0.29) is 11.8 Å². The molecule has 2 aromatic carbocycles. The molecule has 1 aliphatic heterocycles. The molecule has 8 heteroatoms. The van der Waals surface area contributed by atoms with Gasteiger partial charge in [0, 0.05) is 20.6 Å². The van der Waals surface area contributed by atoms with Gasteiger partial charge in [-0.15, -0.1) is 0 Å². The molecule has 0 bridgehead atoms. The topological polar surface area (TPSA) is 44.8 Å². The molecule has 1 fully saturated rings. The van der Waals surface area contributed by atoms with Crippen molar-refractivity contribution in [2.45, 2.75) is 12.3 Å². The molecule has 3 rings (SSSR count). The zero-order valence-electron chi connectivity index (χ0n) is 15.7. The van der Waals surface area contributed by atoms with E-state index in [2.05, 4.69) is 5.32 Å². The molecule has 1 heterocycles. The second kappa shape index (κ2) is 8.10. The van der Waals surface area contributed by atoms with Gasteiger partial charge >= 0.3 is 12.2 Å². The third-order valence-corrected chi connectivity index (χ3v) is 4.57. The highest BCUT2D eigenvalue weighted by Crippen LogP contribution is 2.35. The summed E-state index contributed by atoms with van der Waals surface area (Å²) in [7, 11) is 3.41. The van der Waals surface area contributed by atoms with Crippen LogP contribution >= 0.6 is 0 Å². The lowest BCUT2D eigenvalue weighted by atomic mass is 10.1. The van der Waals surface area contributed by atoms with Crippen LogP contribution in [0, 0.1) is 0 Å². The molecule has 1 saturated heterocycles.